The van der Waals surface area contributed by atoms with Gasteiger partial charge in [-0.25, -0.2) is 4.79 Å². The van der Waals surface area contributed by atoms with Crippen LogP contribution in [-0.4, -0.2) is 18.4 Å². The molecule has 0 amide bonds. The van der Waals surface area contributed by atoms with Gasteiger partial charge in [0.2, 0.25) is 5.78 Å². The number of hydrogen-bond donors (Lipinski definition) is 0. The lowest BCUT2D eigenvalue weighted by Crippen LogP contribution is -2.12. The highest BCUT2D eigenvalue weighted by molar-refractivity contribution is 6.36. The van der Waals surface area contributed by atoms with Gasteiger partial charge in [-0.15, -0.1) is 0 Å². The van der Waals surface area contributed by atoms with Crippen molar-refractivity contribution < 1.29 is 18.7 Å². The summed E-state index contributed by atoms with van der Waals surface area (Å²) < 4.78 is 9.85. The third-order valence-electron chi connectivity index (χ3n) is 2.50. The number of ketones is 1. The first-order valence-corrected chi connectivity index (χ1v) is 6.68. The number of carbonyl (C=O) groups excluding carboxylic acids is 2. The molecule has 0 unspecified atom stereocenters. The van der Waals surface area contributed by atoms with Crippen LogP contribution in [0.25, 0.3) is 6.08 Å². The van der Waals surface area contributed by atoms with Crippen molar-refractivity contribution in [1.82, 2.24) is 0 Å². The number of esters is 1. The average molecular weight is 325 g/mol. The number of furan rings is 1. The van der Waals surface area contributed by atoms with Crippen LogP contribution in [0.2, 0.25) is 10.0 Å². The first-order chi connectivity index (χ1) is 10.1. The van der Waals surface area contributed by atoms with Crippen molar-refractivity contribution >= 4 is 41.0 Å². The molecule has 0 aliphatic heterocycles. The summed E-state index contributed by atoms with van der Waals surface area (Å²) in [6, 6.07) is 7.85. The van der Waals surface area contributed by atoms with Gasteiger partial charge < -0.3 is 9.15 Å². The van der Waals surface area contributed by atoms with Gasteiger partial charge in [0.15, 0.2) is 6.61 Å². The van der Waals surface area contributed by atoms with E-state index in [1.54, 1.807) is 18.2 Å². The normalized spacial score (nSPS) is 10.8. The summed E-state index contributed by atoms with van der Waals surface area (Å²) in [5.74, 6) is -0.541. The summed E-state index contributed by atoms with van der Waals surface area (Å²) in [4.78, 5) is 23.3. The van der Waals surface area contributed by atoms with Crippen molar-refractivity contribution in [3.05, 3.63) is 64.0 Å². The molecule has 0 radical (unpaired) electrons. The van der Waals surface area contributed by atoms with Gasteiger partial charge >= 0.3 is 5.97 Å². The van der Waals surface area contributed by atoms with Crippen LogP contribution in [0.15, 0.2) is 47.1 Å². The Hall–Kier alpha value is -2.04. The second-order valence-electron chi connectivity index (χ2n) is 4.00. The molecule has 1 aromatic carbocycles. The molecule has 0 spiro atoms. The maximum absolute atomic E-state index is 11.9. The molecule has 0 N–H and O–H groups in total. The van der Waals surface area contributed by atoms with E-state index in [1.165, 1.54) is 30.5 Å². The van der Waals surface area contributed by atoms with Crippen molar-refractivity contribution in [3.8, 4) is 0 Å². The largest absolute Gasteiger partial charge is 0.465 e. The third-order valence-corrected chi connectivity index (χ3v) is 3.05. The summed E-state index contributed by atoms with van der Waals surface area (Å²) in [7, 11) is 0. The van der Waals surface area contributed by atoms with Crippen molar-refractivity contribution in [1.29, 1.82) is 0 Å². The minimum absolute atomic E-state index is 0.217. The van der Waals surface area contributed by atoms with Crippen LogP contribution in [-0.2, 0) is 9.53 Å². The molecule has 6 heteroatoms. The Kier molecular flexibility index (Phi) is 5.20. The number of carbonyl (C=O) groups is 2. The van der Waals surface area contributed by atoms with Crippen LogP contribution < -0.4 is 0 Å². The van der Waals surface area contributed by atoms with Crippen LogP contribution in [0, 0.1) is 0 Å². The molecule has 0 bridgehead atoms. The maximum Gasteiger partial charge on any atom is 0.331 e. The van der Waals surface area contributed by atoms with E-state index < -0.39 is 18.4 Å². The highest BCUT2D eigenvalue weighted by atomic mass is 35.5. The van der Waals surface area contributed by atoms with Crippen molar-refractivity contribution in [2.24, 2.45) is 0 Å². The fourth-order valence-corrected chi connectivity index (χ4v) is 2.03. The van der Waals surface area contributed by atoms with Crippen LogP contribution in [0.5, 0.6) is 0 Å². The summed E-state index contributed by atoms with van der Waals surface area (Å²) in [5.41, 5.74) is 0.254. The number of halogens is 2. The maximum atomic E-state index is 11.9. The van der Waals surface area contributed by atoms with E-state index in [1.807, 2.05) is 0 Å². The van der Waals surface area contributed by atoms with E-state index in [4.69, 9.17) is 32.4 Å². The smallest absolute Gasteiger partial charge is 0.331 e. The lowest BCUT2D eigenvalue weighted by Gasteiger charge is -2.04. The molecule has 108 valence electrons. The summed E-state index contributed by atoms with van der Waals surface area (Å²) in [6.07, 6.45) is 4.11. The summed E-state index contributed by atoms with van der Waals surface area (Å²) in [5, 5.41) is 0.643. The van der Waals surface area contributed by atoms with E-state index in [0.29, 0.717) is 10.8 Å². The molecule has 2 rings (SSSR count). The second-order valence-corrected chi connectivity index (χ2v) is 4.85. The first kappa shape index (κ1) is 15.4. The van der Waals surface area contributed by atoms with Gasteiger partial charge in [-0.05, 0) is 36.4 Å². The molecule has 4 nitrogen and oxygen atoms in total. The van der Waals surface area contributed by atoms with Gasteiger partial charge in [0.25, 0.3) is 0 Å². The topological polar surface area (TPSA) is 56.5 Å². The molecule has 1 heterocycles. The lowest BCUT2D eigenvalue weighted by molar-refractivity contribution is -0.136. The minimum atomic E-state index is -0.648. The summed E-state index contributed by atoms with van der Waals surface area (Å²) in [6.45, 7) is -0.400. The van der Waals surface area contributed by atoms with Crippen LogP contribution >= 0.6 is 23.2 Å². The Bertz CT molecular complexity index is 675. The molecule has 0 saturated heterocycles. The zero-order chi connectivity index (χ0) is 15.2. The zero-order valence-electron chi connectivity index (χ0n) is 10.7. The van der Waals surface area contributed by atoms with E-state index in [0.717, 1.165) is 0 Å². The van der Waals surface area contributed by atoms with Gasteiger partial charge in [0.05, 0.1) is 11.3 Å². The van der Waals surface area contributed by atoms with E-state index in [-0.39, 0.29) is 10.6 Å². The molecule has 0 fully saturated rings. The Balaban J connectivity index is 1.90. The predicted molar refractivity (Wildman–Crippen MR) is 79.5 cm³/mol. The number of rotatable bonds is 5. The van der Waals surface area contributed by atoms with Gasteiger partial charge in [0, 0.05) is 16.7 Å². The molecule has 0 aliphatic rings. The average Bonchev–Trinajstić information content (AvgIpc) is 2.95. The van der Waals surface area contributed by atoms with Gasteiger partial charge in [-0.3, -0.25) is 4.79 Å². The third kappa shape index (κ3) is 4.48. The number of ether oxygens (including phenoxy) is 1. The Morgan fingerprint density at radius 3 is 2.71 bits per heavy atom. The second kappa shape index (κ2) is 7.11. The van der Waals surface area contributed by atoms with Crippen LogP contribution in [0.4, 0.5) is 0 Å². The highest BCUT2D eigenvalue weighted by Crippen LogP contribution is 2.21. The molecular formula is C15H10Cl2O4. The zero-order valence-corrected chi connectivity index (χ0v) is 12.2. The van der Waals surface area contributed by atoms with E-state index >= 15 is 0 Å². The van der Waals surface area contributed by atoms with Crippen molar-refractivity contribution in [2.75, 3.05) is 6.61 Å². The van der Waals surface area contributed by atoms with Crippen molar-refractivity contribution in [2.45, 2.75) is 0 Å². The molecule has 1 aromatic heterocycles. The Labute approximate surface area is 130 Å². The van der Waals surface area contributed by atoms with Crippen LogP contribution in [0.3, 0.4) is 0 Å². The van der Waals surface area contributed by atoms with Crippen molar-refractivity contribution in [3.63, 3.8) is 0 Å². The molecule has 0 atom stereocenters. The predicted octanol–water partition coefficient (Wildman–Crippen LogP) is 4.03. The Morgan fingerprint density at radius 1 is 1.24 bits per heavy atom. The van der Waals surface area contributed by atoms with Gasteiger partial charge in [-0.2, -0.15) is 0 Å². The standard InChI is InChI=1S/C15H10Cl2O4/c16-10-3-5-12(13(17)8-10)14(18)9-21-15(19)6-4-11-2-1-7-20-11/h1-8H,9H2. The van der Waals surface area contributed by atoms with Gasteiger partial charge in [-0.1, -0.05) is 23.2 Å². The quantitative estimate of drug-likeness (QED) is 0.473. The molecule has 0 saturated carbocycles. The Morgan fingerprint density at radius 2 is 2.05 bits per heavy atom. The fourth-order valence-electron chi connectivity index (χ4n) is 1.51. The molecule has 0 aliphatic carbocycles. The number of benzene rings is 1. The number of hydrogen-bond acceptors (Lipinski definition) is 4. The monoisotopic (exact) mass is 324 g/mol. The van der Waals surface area contributed by atoms with E-state index in [2.05, 4.69) is 0 Å². The molecular weight excluding hydrogens is 315 g/mol. The minimum Gasteiger partial charge on any atom is -0.465 e. The molecule has 2 aromatic rings. The number of Topliss-reactive ketones (excluding diaryl/α,β-unsaturated/α-hetero) is 1. The van der Waals surface area contributed by atoms with Crippen LogP contribution in [0.1, 0.15) is 16.1 Å². The first-order valence-electron chi connectivity index (χ1n) is 5.93. The van der Waals surface area contributed by atoms with E-state index in [9.17, 15) is 9.59 Å². The molecule has 21 heavy (non-hydrogen) atoms. The highest BCUT2D eigenvalue weighted by Gasteiger charge is 2.12. The lowest BCUT2D eigenvalue weighted by atomic mass is 10.1. The van der Waals surface area contributed by atoms with Gasteiger partial charge in [0.1, 0.15) is 5.76 Å². The SMILES string of the molecule is O=C(C=Cc1ccco1)OCC(=O)c1ccc(Cl)cc1Cl. The summed E-state index contributed by atoms with van der Waals surface area (Å²) >= 11 is 11.6. The fraction of sp³-hybridized carbons (Fsp3) is 0.0667.